The van der Waals surface area contributed by atoms with E-state index in [9.17, 15) is 0 Å². The molecule has 0 N–H and O–H groups in total. The Balaban J connectivity index is 1.92. The molecule has 1 aliphatic rings. The molecule has 1 unspecified atom stereocenters. The Hall–Kier alpha value is -2.49. The Morgan fingerprint density at radius 2 is 1.62 bits per heavy atom. The van der Waals surface area contributed by atoms with E-state index in [1.807, 2.05) is 12.1 Å². The van der Waals surface area contributed by atoms with E-state index in [0.29, 0.717) is 12.2 Å². The molecule has 1 aliphatic heterocycles. The lowest BCUT2D eigenvalue weighted by Crippen LogP contribution is -2.23. The van der Waals surface area contributed by atoms with Crippen LogP contribution in [0.2, 0.25) is 0 Å². The molecule has 1 heterocycles. The number of oxime groups is 1. The van der Waals surface area contributed by atoms with E-state index in [1.165, 1.54) is 5.56 Å². The number of hydrogen-bond acceptors (Lipinski definition) is 4. The van der Waals surface area contributed by atoms with E-state index in [-0.39, 0.29) is 0 Å². The fourth-order valence-corrected chi connectivity index (χ4v) is 3.14. The molecule has 4 heteroatoms. The second-order valence-corrected chi connectivity index (χ2v) is 6.43. The molecule has 1 atom stereocenters. The van der Waals surface area contributed by atoms with Gasteiger partial charge in [-0.3, -0.25) is 0 Å². The molecule has 0 amide bonds. The molecule has 0 spiro atoms. The number of rotatable bonds is 4. The van der Waals surface area contributed by atoms with Crippen molar-refractivity contribution in [1.29, 1.82) is 0 Å². The van der Waals surface area contributed by atoms with Gasteiger partial charge in [-0.2, -0.15) is 0 Å². The third-order valence-corrected chi connectivity index (χ3v) is 4.55. The van der Waals surface area contributed by atoms with Crippen LogP contribution in [0.1, 0.15) is 35.6 Å². The molecule has 0 saturated carbocycles. The predicted molar refractivity (Wildman–Crippen MR) is 95.1 cm³/mol. The van der Waals surface area contributed by atoms with Gasteiger partial charge in [-0.25, -0.2) is 0 Å². The monoisotopic (exact) mass is 325 g/mol. The maximum absolute atomic E-state index is 5.87. The molecule has 0 radical (unpaired) electrons. The summed E-state index contributed by atoms with van der Waals surface area (Å²) in [6.07, 6.45) is 0.715. The van der Waals surface area contributed by atoms with Gasteiger partial charge in [0.2, 0.25) is 0 Å². The summed E-state index contributed by atoms with van der Waals surface area (Å²) in [5.41, 5.74) is 4.94. The third-order valence-electron chi connectivity index (χ3n) is 4.55. The standard InChI is InChI=1S/C20H23NO3/c1-13-6-8-15(9-7-13)17-12-20(3,24-21-17)16-11-19(23-5)18(22-4)10-14(16)2/h6-11H,12H2,1-5H3. The van der Waals surface area contributed by atoms with Gasteiger partial charge in [0, 0.05) is 12.0 Å². The minimum absolute atomic E-state index is 0.510. The molecule has 126 valence electrons. The average molecular weight is 325 g/mol. The number of benzene rings is 2. The van der Waals surface area contributed by atoms with Crippen molar-refractivity contribution in [3.63, 3.8) is 0 Å². The first kappa shape index (κ1) is 16.4. The number of hydrogen-bond donors (Lipinski definition) is 0. The fraction of sp³-hybridized carbons (Fsp3) is 0.350. The lowest BCUT2D eigenvalue weighted by Gasteiger charge is -2.25. The van der Waals surface area contributed by atoms with Crippen LogP contribution >= 0.6 is 0 Å². The van der Waals surface area contributed by atoms with Crippen molar-refractivity contribution in [2.45, 2.75) is 32.8 Å². The average Bonchev–Trinajstić information content (AvgIpc) is 2.98. The Kier molecular flexibility index (Phi) is 4.22. The van der Waals surface area contributed by atoms with Crippen molar-refractivity contribution in [2.75, 3.05) is 14.2 Å². The van der Waals surface area contributed by atoms with Crippen LogP contribution in [-0.2, 0) is 10.4 Å². The number of nitrogens with zero attached hydrogens (tertiary/aromatic N) is 1. The number of methoxy groups -OCH3 is 2. The van der Waals surface area contributed by atoms with Crippen molar-refractivity contribution in [2.24, 2.45) is 5.16 Å². The van der Waals surface area contributed by atoms with E-state index in [0.717, 1.165) is 28.2 Å². The Bertz CT molecular complexity index is 780. The Morgan fingerprint density at radius 3 is 2.25 bits per heavy atom. The van der Waals surface area contributed by atoms with Crippen molar-refractivity contribution in [1.82, 2.24) is 0 Å². The maximum atomic E-state index is 5.87. The molecular formula is C20H23NO3. The quantitative estimate of drug-likeness (QED) is 0.838. The molecule has 0 aliphatic carbocycles. The summed E-state index contributed by atoms with van der Waals surface area (Å²) >= 11 is 0. The number of ether oxygens (including phenoxy) is 2. The molecule has 0 fully saturated rings. The highest BCUT2D eigenvalue weighted by atomic mass is 16.7. The van der Waals surface area contributed by atoms with E-state index in [1.54, 1.807) is 14.2 Å². The highest BCUT2D eigenvalue weighted by molar-refractivity contribution is 6.01. The zero-order chi connectivity index (χ0) is 17.3. The van der Waals surface area contributed by atoms with E-state index >= 15 is 0 Å². The molecule has 0 aromatic heterocycles. The smallest absolute Gasteiger partial charge is 0.165 e. The summed E-state index contributed by atoms with van der Waals surface area (Å²) in [6, 6.07) is 12.3. The van der Waals surface area contributed by atoms with Crippen LogP contribution in [0.5, 0.6) is 11.5 Å². The van der Waals surface area contributed by atoms with Gasteiger partial charge < -0.3 is 14.3 Å². The van der Waals surface area contributed by atoms with Gasteiger partial charge in [-0.15, -0.1) is 0 Å². The summed E-state index contributed by atoms with van der Waals surface area (Å²) in [6.45, 7) is 6.19. The third kappa shape index (κ3) is 2.84. The van der Waals surface area contributed by atoms with Gasteiger partial charge in [-0.1, -0.05) is 35.0 Å². The van der Waals surface area contributed by atoms with Crippen LogP contribution < -0.4 is 9.47 Å². The van der Waals surface area contributed by atoms with Gasteiger partial charge in [0.05, 0.1) is 19.9 Å². The molecule has 2 aromatic carbocycles. The topological polar surface area (TPSA) is 40.0 Å². The summed E-state index contributed by atoms with van der Waals surface area (Å²) in [4.78, 5) is 5.87. The molecular weight excluding hydrogens is 302 g/mol. The first-order valence-corrected chi connectivity index (χ1v) is 8.02. The SMILES string of the molecule is COc1cc(C)c(C2(C)CC(c3ccc(C)cc3)=NO2)cc1OC. The summed E-state index contributed by atoms with van der Waals surface area (Å²) in [5.74, 6) is 1.42. The highest BCUT2D eigenvalue weighted by Gasteiger charge is 2.38. The van der Waals surface area contributed by atoms with Gasteiger partial charge in [0.1, 0.15) is 0 Å². The molecule has 2 aromatic rings. The van der Waals surface area contributed by atoms with E-state index in [4.69, 9.17) is 14.3 Å². The lowest BCUT2D eigenvalue weighted by atomic mass is 9.86. The maximum Gasteiger partial charge on any atom is 0.165 e. The second kappa shape index (κ2) is 6.19. The van der Waals surface area contributed by atoms with Crippen LogP contribution in [0.3, 0.4) is 0 Å². The molecule has 0 saturated heterocycles. The summed E-state index contributed by atoms with van der Waals surface area (Å²) < 4.78 is 10.8. The van der Waals surface area contributed by atoms with Crippen LogP contribution in [0, 0.1) is 13.8 Å². The zero-order valence-corrected chi connectivity index (χ0v) is 14.8. The largest absolute Gasteiger partial charge is 0.493 e. The molecule has 24 heavy (non-hydrogen) atoms. The Labute approximate surface area is 143 Å². The minimum Gasteiger partial charge on any atom is -0.493 e. The van der Waals surface area contributed by atoms with Crippen LogP contribution in [0.15, 0.2) is 41.6 Å². The lowest BCUT2D eigenvalue weighted by molar-refractivity contribution is -0.00802. The van der Waals surface area contributed by atoms with Gasteiger partial charge in [0.25, 0.3) is 0 Å². The highest BCUT2D eigenvalue weighted by Crippen LogP contribution is 2.41. The van der Waals surface area contributed by atoms with Gasteiger partial charge >= 0.3 is 0 Å². The van der Waals surface area contributed by atoms with Gasteiger partial charge in [0.15, 0.2) is 17.1 Å². The normalized spacial score (nSPS) is 19.6. The van der Waals surface area contributed by atoms with Crippen molar-refractivity contribution in [3.8, 4) is 11.5 Å². The van der Waals surface area contributed by atoms with E-state index < -0.39 is 5.60 Å². The first-order chi connectivity index (χ1) is 11.5. The molecule has 4 nitrogen and oxygen atoms in total. The van der Waals surface area contributed by atoms with Crippen LogP contribution in [-0.4, -0.2) is 19.9 Å². The summed E-state index contributed by atoms with van der Waals surface area (Å²) in [5, 5.41) is 4.35. The zero-order valence-electron chi connectivity index (χ0n) is 14.8. The van der Waals surface area contributed by atoms with Gasteiger partial charge in [-0.05, 0) is 44.0 Å². The van der Waals surface area contributed by atoms with Crippen molar-refractivity contribution >= 4 is 5.71 Å². The summed E-state index contributed by atoms with van der Waals surface area (Å²) in [7, 11) is 3.28. The predicted octanol–water partition coefficient (Wildman–Crippen LogP) is 4.36. The minimum atomic E-state index is -0.510. The van der Waals surface area contributed by atoms with Crippen molar-refractivity contribution < 1.29 is 14.3 Å². The second-order valence-electron chi connectivity index (χ2n) is 6.43. The molecule has 0 bridgehead atoms. The fourth-order valence-electron chi connectivity index (χ4n) is 3.14. The molecule has 3 rings (SSSR count). The Morgan fingerprint density at radius 1 is 1.00 bits per heavy atom. The first-order valence-electron chi connectivity index (χ1n) is 8.02. The van der Waals surface area contributed by atoms with Crippen molar-refractivity contribution in [3.05, 3.63) is 58.7 Å². The number of aryl methyl sites for hydroxylation is 2. The van der Waals surface area contributed by atoms with Crippen LogP contribution in [0.25, 0.3) is 0 Å². The van der Waals surface area contributed by atoms with Crippen LogP contribution in [0.4, 0.5) is 0 Å². The van der Waals surface area contributed by atoms with E-state index in [2.05, 4.69) is 50.2 Å².